The molecule has 0 aliphatic carbocycles. The van der Waals surface area contributed by atoms with E-state index >= 15 is 0 Å². The van der Waals surface area contributed by atoms with Gasteiger partial charge in [-0.2, -0.15) is 5.26 Å². The SMILES string of the molecule is CC(C)(C)OC(=O)C1C[C@@H](C(=O)N2CCC[C@H]2C#N)N(C(=O)OC(C)(C)C)C1=O. The van der Waals surface area contributed by atoms with Crippen LogP contribution < -0.4 is 0 Å². The van der Waals surface area contributed by atoms with Crippen LogP contribution in [0, 0.1) is 17.2 Å². The molecule has 2 rings (SSSR count). The average Bonchev–Trinajstić information content (AvgIpc) is 3.14. The van der Waals surface area contributed by atoms with E-state index in [1.807, 2.05) is 0 Å². The summed E-state index contributed by atoms with van der Waals surface area (Å²) in [6, 6.07) is 0.254. The summed E-state index contributed by atoms with van der Waals surface area (Å²) in [7, 11) is 0. The molecule has 2 fully saturated rings. The maximum Gasteiger partial charge on any atom is 0.417 e. The number of nitrogens with zero attached hydrogens (tertiary/aromatic N) is 3. The number of amides is 3. The molecule has 3 atom stereocenters. The van der Waals surface area contributed by atoms with Crippen molar-refractivity contribution in [2.45, 2.75) is 84.1 Å². The van der Waals surface area contributed by atoms with Gasteiger partial charge in [-0.05, 0) is 60.8 Å². The monoisotopic (exact) mass is 407 g/mol. The van der Waals surface area contributed by atoms with Gasteiger partial charge in [-0.25, -0.2) is 9.69 Å². The largest absolute Gasteiger partial charge is 0.459 e. The molecule has 2 aliphatic rings. The van der Waals surface area contributed by atoms with E-state index in [0.717, 1.165) is 4.90 Å². The Balaban J connectivity index is 2.33. The normalized spacial score (nSPS) is 25.0. The Kier molecular flexibility index (Phi) is 6.26. The number of carbonyl (C=O) groups is 4. The molecule has 1 unspecified atom stereocenters. The van der Waals surface area contributed by atoms with Crippen LogP contribution in [0.5, 0.6) is 0 Å². The molecule has 2 heterocycles. The quantitative estimate of drug-likeness (QED) is 0.507. The molecule has 2 saturated heterocycles. The number of hydrogen-bond acceptors (Lipinski definition) is 7. The zero-order chi connectivity index (χ0) is 22.1. The minimum Gasteiger partial charge on any atom is -0.459 e. The van der Waals surface area contributed by atoms with Gasteiger partial charge in [-0.1, -0.05) is 0 Å². The molecule has 0 aromatic rings. The van der Waals surface area contributed by atoms with Gasteiger partial charge in [0.25, 0.3) is 0 Å². The van der Waals surface area contributed by atoms with Gasteiger partial charge in [0.15, 0.2) is 0 Å². The van der Waals surface area contributed by atoms with Crippen LogP contribution in [-0.4, -0.2) is 63.5 Å². The summed E-state index contributed by atoms with van der Waals surface area (Å²) in [5.41, 5.74) is -1.71. The lowest BCUT2D eigenvalue weighted by molar-refractivity contribution is -0.162. The van der Waals surface area contributed by atoms with Crippen molar-refractivity contribution in [3.63, 3.8) is 0 Å². The van der Waals surface area contributed by atoms with Crippen LogP contribution in [-0.2, 0) is 23.9 Å². The maximum absolute atomic E-state index is 13.1. The first-order chi connectivity index (χ1) is 13.2. The van der Waals surface area contributed by atoms with Gasteiger partial charge in [0.05, 0.1) is 6.07 Å². The molecular weight excluding hydrogens is 378 g/mol. The summed E-state index contributed by atoms with van der Waals surface area (Å²) in [6.07, 6.45) is 0.0114. The smallest absolute Gasteiger partial charge is 0.417 e. The minimum atomic E-state index is -1.28. The van der Waals surface area contributed by atoms with E-state index in [9.17, 15) is 24.4 Å². The van der Waals surface area contributed by atoms with E-state index in [1.54, 1.807) is 41.5 Å². The van der Waals surface area contributed by atoms with E-state index in [4.69, 9.17) is 9.47 Å². The van der Waals surface area contributed by atoms with Crippen molar-refractivity contribution in [2.75, 3.05) is 6.54 Å². The van der Waals surface area contributed by atoms with Crippen LogP contribution in [0.15, 0.2) is 0 Å². The molecule has 29 heavy (non-hydrogen) atoms. The molecule has 0 aromatic heterocycles. The lowest BCUT2D eigenvalue weighted by Crippen LogP contribution is -2.51. The Hall–Kier alpha value is -2.63. The van der Waals surface area contributed by atoms with Crippen molar-refractivity contribution < 1.29 is 28.7 Å². The fourth-order valence-electron chi connectivity index (χ4n) is 3.42. The van der Waals surface area contributed by atoms with Crippen molar-refractivity contribution >= 4 is 23.9 Å². The first-order valence-corrected chi connectivity index (χ1v) is 9.74. The number of esters is 1. The van der Waals surface area contributed by atoms with Crippen molar-refractivity contribution in [2.24, 2.45) is 5.92 Å². The standard InChI is InChI=1S/C20H29N3O6/c1-19(2,3)28-17(26)13-10-14(16(25)22-9-7-8-12(22)11-21)23(15(13)24)18(27)29-20(4,5)6/h12-14H,7-10H2,1-6H3/t12-,13?,14-/m0/s1. The molecule has 0 N–H and O–H groups in total. The zero-order valence-electron chi connectivity index (χ0n) is 17.9. The van der Waals surface area contributed by atoms with Crippen LogP contribution in [0.4, 0.5) is 4.79 Å². The van der Waals surface area contributed by atoms with Crippen molar-refractivity contribution in [1.82, 2.24) is 9.80 Å². The highest BCUT2D eigenvalue weighted by Gasteiger charge is 2.53. The number of likely N-dealkylation sites (tertiary alicyclic amines) is 2. The van der Waals surface area contributed by atoms with Crippen LogP contribution in [0.3, 0.4) is 0 Å². The third kappa shape index (κ3) is 5.25. The Morgan fingerprint density at radius 2 is 1.66 bits per heavy atom. The third-order valence-corrected chi connectivity index (χ3v) is 4.56. The van der Waals surface area contributed by atoms with Crippen LogP contribution in [0.2, 0.25) is 0 Å². The molecule has 0 saturated carbocycles. The predicted molar refractivity (Wildman–Crippen MR) is 101 cm³/mol. The topological polar surface area (TPSA) is 117 Å². The predicted octanol–water partition coefficient (Wildman–Crippen LogP) is 1.99. The van der Waals surface area contributed by atoms with Crippen molar-refractivity contribution in [3.05, 3.63) is 0 Å². The molecule has 9 heteroatoms. The second kappa shape index (κ2) is 8.01. The first kappa shape index (κ1) is 22.7. The van der Waals surface area contributed by atoms with Crippen LogP contribution >= 0.6 is 0 Å². The highest BCUT2D eigenvalue weighted by atomic mass is 16.6. The van der Waals surface area contributed by atoms with Crippen LogP contribution in [0.1, 0.15) is 60.8 Å². The molecule has 0 aromatic carbocycles. The van der Waals surface area contributed by atoms with Crippen LogP contribution in [0.25, 0.3) is 0 Å². The van der Waals surface area contributed by atoms with E-state index in [2.05, 4.69) is 6.07 Å². The highest BCUT2D eigenvalue weighted by Crippen LogP contribution is 2.32. The van der Waals surface area contributed by atoms with E-state index < -0.39 is 53.1 Å². The Morgan fingerprint density at radius 3 is 2.17 bits per heavy atom. The summed E-state index contributed by atoms with van der Waals surface area (Å²) in [6.45, 7) is 10.3. The Bertz CT molecular complexity index is 743. The van der Waals surface area contributed by atoms with Gasteiger partial charge < -0.3 is 14.4 Å². The highest BCUT2D eigenvalue weighted by molar-refractivity contribution is 6.09. The number of rotatable bonds is 2. The zero-order valence-corrected chi connectivity index (χ0v) is 17.9. The summed E-state index contributed by atoms with van der Waals surface area (Å²) in [4.78, 5) is 53.4. The second-order valence-corrected chi connectivity index (χ2v) is 9.34. The lowest BCUT2D eigenvalue weighted by Gasteiger charge is -2.29. The summed E-state index contributed by atoms with van der Waals surface area (Å²) >= 11 is 0. The molecule has 2 aliphatic heterocycles. The molecule has 0 spiro atoms. The number of imide groups is 1. The fourth-order valence-corrected chi connectivity index (χ4v) is 3.42. The van der Waals surface area contributed by atoms with Gasteiger partial charge in [0.1, 0.15) is 29.2 Å². The fraction of sp³-hybridized carbons (Fsp3) is 0.750. The van der Waals surface area contributed by atoms with Gasteiger partial charge in [-0.15, -0.1) is 0 Å². The molecule has 0 bridgehead atoms. The number of ether oxygens (including phenoxy) is 2. The molecule has 9 nitrogen and oxygen atoms in total. The maximum atomic E-state index is 13.1. The minimum absolute atomic E-state index is 0.194. The van der Waals surface area contributed by atoms with E-state index in [0.29, 0.717) is 19.4 Å². The first-order valence-electron chi connectivity index (χ1n) is 9.74. The van der Waals surface area contributed by atoms with Gasteiger partial charge in [0, 0.05) is 6.54 Å². The second-order valence-electron chi connectivity index (χ2n) is 9.34. The van der Waals surface area contributed by atoms with Gasteiger partial charge >= 0.3 is 12.1 Å². The molecular formula is C20H29N3O6. The van der Waals surface area contributed by atoms with E-state index in [1.165, 1.54) is 4.90 Å². The number of nitriles is 1. The molecule has 0 radical (unpaired) electrons. The van der Waals surface area contributed by atoms with Crippen molar-refractivity contribution in [3.8, 4) is 6.07 Å². The summed E-state index contributed by atoms with van der Waals surface area (Å²) in [5, 5.41) is 9.29. The van der Waals surface area contributed by atoms with E-state index in [-0.39, 0.29) is 6.42 Å². The average molecular weight is 407 g/mol. The lowest BCUT2D eigenvalue weighted by atomic mass is 10.0. The van der Waals surface area contributed by atoms with Gasteiger partial charge in [-0.3, -0.25) is 14.4 Å². The third-order valence-electron chi connectivity index (χ3n) is 4.56. The van der Waals surface area contributed by atoms with Crippen molar-refractivity contribution in [1.29, 1.82) is 5.26 Å². The summed E-state index contributed by atoms with van der Waals surface area (Å²) < 4.78 is 10.6. The number of hydrogen-bond donors (Lipinski definition) is 0. The number of carbonyl (C=O) groups excluding carboxylic acids is 4. The molecule has 160 valence electrons. The Labute approximate surface area is 170 Å². The Morgan fingerprint density at radius 1 is 1.07 bits per heavy atom. The van der Waals surface area contributed by atoms with Gasteiger partial charge in [0.2, 0.25) is 11.8 Å². The molecule has 3 amide bonds. The summed E-state index contributed by atoms with van der Waals surface area (Å²) in [5.74, 6) is -3.41.